The Morgan fingerprint density at radius 3 is 2.50 bits per heavy atom. The van der Waals surface area contributed by atoms with Crippen molar-refractivity contribution in [3.63, 3.8) is 0 Å². The van der Waals surface area contributed by atoms with E-state index in [1.807, 2.05) is 13.8 Å². The maximum absolute atomic E-state index is 12.2. The summed E-state index contributed by atoms with van der Waals surface area (Å²) in [5.74, 6) is 5.30. The molecule has 1 rings (SSSR count). The number of amides is 1. The normalized spacial score (nSPS) is 10.2. The first-order valence-corrected chi connectivity index (χ1v) is 6.16. The number of nitrogens with zero attached hydrogens (tertiary/aromatic N) is 1. The second-order valence-corrected chi connectivity index (χ2v) is 3.80. The van der Waals surface area contributed by atoms with E-state index in [0.29, 0.717) is 31.9 Å². The third kappa shape index (κ3) is 4.01. The molecule has 1 amide bonds. The highest BCUT2D eigenvalue weighted by molar-refractivity contribution is 5.94. The number of hydrazine groups is 1. The van der Waals surface area contributed by atoms with Crippen LogP contribution >= 0.6 is 0 Å². The van der Waals surface area contributed by atoms with E-state index in [4.69, 9.17) is 10.6 Å². The van der Waals surface area contributed by atoms with Gasteiger partial charge in [-0.25, -0.2) is 0 Å². The molecule has 0 fully saturated rings. The summed E-state index contributed by atoms with van der Waals surface area (Å²) in [6.07, 6.45) is 0. The summed E-state index contributed by atoms with van der Waals surface area (Å²) < 4.78 is 5.27. The summed E-state index contributed by atoms with van der Waals surface area (Å²) in [5.41, 5.74) is 3.97. The Morgan fingerprint density at radius 1 is 1.33 bits per heavy atom. The lowest BCUT2D eigenvalue weighted by molar-refractivity contribution is 0.0669. The van der Waals surface area contributed by atoms with E-state index in [-0.39, 0.29) is 5.91 Å². The van der Waals surface area contributed by atoms with Crippen molar-refractivity contribution in [1.29, 1.82) is 0 Å². The van der Waals surface area contributed by atoms with Gasteiger partial charge in [0.2, 0.25) is 0 Å². The summed E-state index contributed by atoms with van der Waals surface area (Å²) in [6.45, 7) is 6.42. The highest BCUT2D eigenvalue weighted by Gasteiger charge is 2.13. The molecule has 3 N–H and O–H groups in total. The predicted octanol–water partition coefficient (Wildman–Crippen LogP) is 1.47. The van der Waals surface area contributed by atoms with Crippen molar-refractivity contribution in [2.24, 2.45) is 5.84 Å². The average Bonchev–Trinajstić information content (AvgIpc) is 2.43. The average molecular weight is 251 g/mol. The van der Waals surface area contributed by atoms with E-state index in [9.17, 15) is 4.79 Å². The van der Waals surface area contributed by atoms with Crippen molar-refractivity contribution in [2.75, 3.05) is 31.7 Å². The number of likely N-dealkylation sites (N-methyl/N-ethyl adjacent to an activating group) is 1. The van der Waals surface area contributed by atoms with Crippen molar-refractivity contribution in [2.45, 2.75) is 13.8 Å². The first-order chi connectivity index (χ1) is 8.72. The minimum absolute atomic E-state index is 0.0146. The van der Waals surface area contributed by atoms with E-state index in [1.165, 1.54) is 0 Å². The van der Waals surface area contributed by atoms with Crippen molar-refractivity contribution in [3.8, 4) is 0 Å². The number of nitrogens with one attached hydrogen (secondary N) is 1. The molecule has 0 bridgehead atoms. The van der Waals surface area contributed by atoms with Gasteiger partial charge in [-0.1, -0.05) is 0 Å². The number of anilines is 1. The van der Waals surface area contributed by atoms with Gasteiger partial charge in [-0.2, -0.15) is 0 Å². The second-order valence-electron chi connectivity index (χ2n) is 3.80. The summed E-state index contributed by atoms with van der Waals surface area (Å²) in [4.78, 5) is 14.0. The lowest BCUT2D eigenvalue weighted by Gasteiger charge is -2.20. The van der Waals surface area contributed by atoms with Crippen LogP contribution in [0.3, 0.4) is 0 Å². The fourth-order valence-electron chi connectivity index (χ4n) is 1.61. The van der Waals surface area contributed by atoms with Gasteiger partial charge in [0, 0.05) is 30.9 Å². The van der Waals surface area contributed by atoms with E-state index < -0.39 is 0 Å². The molecular weight excluding hydrogens is 230 g/mol. The molecule has 0 aliphatic carbocycles. The zero-order chi connectivity index (χ0) is 13.4. The lowest BCUT2D eigenvalue weighted by atomic mass is 10.2. The fourth-order valence-corrected chi connectivity index (χ4v) is 1.61. The number of nitrogens with two attached hydrogens (primary N) is 1. The molecule has 5 nitrogen and oxygen atoms in total. The molecule has 0 aliphatic rings. The molecule has 0 unspecified atom stereocenters. The van der Waals surface area contributed by atoms with Crippen LogP contribution in [0.25, 0.3) is 0 Å². The molecule has 5 heteroatoms. The largest absolute Gasteiger partial charge is 0.380 e. The van der Waals surface area contributed by atoms with Gasteiger partial charge in [0.1, 0.15) is 0 Å². The third-order valence-corrected chi connectivity index (χ3v) is 2.68. The summed E-state index contributed by atoms with van der Waals surface area (Å²) in [7, 11) is 0. The van der Waals surface area contributed by atoms with E-state index in [1.54, 1.807) is 29.2 Å². The number of nitrogen functional groups attached to an aromatic ring is 1. The zero-order valence-corrected chi connectivity index (χ0v) is 11.0. The molecule has 0 radical (unpaired) electrons. The van der Waals surface area contributed by atoms with Crippen molar-refractivity contribution in [3.05, 3.63) is 29.8 Å². The number of carbonyl (C=O) groups excluding carboxylic acids is 1. The molecule has 0 spiro atoms. The number of ether oxygens (including phenoxy) is 1. The van der Waals surface area contributed by atoms with Gasteiger partial charge in [-0.15, -0.1) is 0 Å². The number of hydrogen-bond acceptors (Lipinski definition) is 4. The van der Waals surface area contributed by atoms with Gasteiger partial charge in [-0.3, -0.25) is 10.6 Å². The molecule has 0 saturated heterocycles. The van der Waals surface area contributed by atoms with Crippen LogP contribution in [0.4, 0.5) is 5.69 Å². The van der Waals surface area contributed by atoms with Gasteiger partial charge in [0.05, 0.1) is 6.61 Å². The molecule has 0 heterocycles. The number of rotatable bonds is 7. The van der Waals surface area contributed by atoms with Crippen LogP contribution in [0.15, 0.2) is 24.3 Å². The van der Waals surface area contributed by atoms with E-state index in [0.717, 1.165) is 5.69 Å². The summed E-state index contributed by atoms with van der Waals surface area (Å²) in [5, 5.41) is 0. The Balaban J connectivity index is 2.64. The van der Waals surface area contributed by atoms with Gasteiger partial charge in [0.25, 0.3) is 5.91 Å². The Bertz CT molecular complexity index is 365. The lowest BCUT2D eigenvalue weighted by Crippen LogP contribution is -2.33. The Morgan fingerprint density at radius 2 is 2.00 bits per heavy atom. The van der Waals surface area contributed by atoms with Crippen LogP contribution in [-0.4, -0.2) is 37.1 Å². The highest BCUT2D eigenvalue weighted by atomic mass is 16.5. The predicted molar refractivity (Wildman–Crippen MR) is 72.3 cm³/mol. The quantitative estimate of drug-likeness (QED) is 0.437. The van der Waals surface area contributed by atoms with Crippen LogP contribution in [0.5, 0.6) is 0 Å². The first-order valence-electron chi connectivity index (χ1n) is 6.16. The SMILES string of the molecule is CCOCCN(CC)C(=O)c1ccc(NN)cc1. The minimum Gasteiger partial charge on any atom is -0.380 e. The van der Waals surface area contributed by atoms with Gasteiger partial charge < -0.3 is 15.1 Å². The van der Waals surface area contributed by atoms with Crippen LogP contribution < -0.4 is 11.3 Å². The van der Waals surface area contributed by atoms with Crippen LogP contribution in [0.1, 0.15) is 24.2 Å². The summed E-state index contributed by atoms with van der Waals surface area (Å²) >= 11 is 0. The third-order valence-electron chi connectivity index (χ3n) is 2.68. The van der Waals surface area contributed by atoms with Crippen LogP contribution in [0, 0.1) is 0 Å². The second kappa shape index (κ2) is 7.68. The Kier molecular flexibility index (Phi) is 6.18. The zero-order valence-electron chi connectivity index (χ0n) is 11.0. The van der Waals surface area contributed by atoms with Crippen molar-refractivity contribution >= 4 is 11.6 Å². The number of benzene rings is 1. The molecule has 0 aliphatic heterocycles. The topological polar surface area (TPSA) is 67.6 Å². The minimum atomic E-state index is 0.0146. The maximum Gasteiger partial charge on any atom is 0.253 e. The summed E-state index contributed by atoms with van der Waals surface area (Å²) in [6, 6.07) is 7.09. The molecule has 18 heavy (non-hydrogen) atoms. The number of hydrogen-bond donors (Lipinski definition) is 2. The number of carbonyl (C=O) groups is 1. The van der Waals surface area contributed by atoms with Crippen LogP contribution in [-0.2, 0) is 4.74 Å². The first kappa shape index (κ1) is 14.5. The molecule has 1 aromatic carbocycles. The smallest absolute Gasteiger partial charge is 0.253 e. The van der Waals surface area contributed by atoms with Crippen LogP contribution in [0.2, 0.25) is 0 Å². The van der Waals surface area contributed by atoms with Gasteiger partial charge >= 0.3 is 0 Å². The maximum atomic E-state index is 12.2. The van der Waals surface area contributed by atoms with Gasteiger partial charge in [0.15, 0.2) is 0 Å². The van der Waals surface area contributed by atoms with Gasteiger partial charge in [-0.05, 0) is 38.1 Å². The molecular formula is C13H21N3O2. The van der Waals surface area contributed by atoms with E-state index >= 15 is 0 Å². The standard InChI is InChI=1S/C13H21N3O2/c1-3-16(9-10-18-4-2)13(17)11-5-7-12(15-14)8-6-11/h5-8,15H,3-4,9-10,14H2,1-2H3. The van der Waals surface area contributed by atoms with E-state index in [2.05, 4.69) is 5.43 Å². The van der Waals surface area contributed by atoms with Crippen molar-refractivity contribution in [1.82, 2.24) is 4.90 Å². The highest BCUT2D eigenvalue weighted by Crippen LogP contribution is 2.10. The molecule has 0 atom stereocenters. The molecule has 0 saturated carbocycles. The fraction of sp³-hybridized carbons (Fsp3) is 0.462. The van der Waals surface area contributed by atoms with Crippen molar-refractivity contribution < 1.29 is 9.53 Å². The monoisotopic (exact) mass is 251 g/mol. The molecule has 0 aromatic heterocycles. The molecule has 100 valence electrons. The Labute approximate surface area is 108 Å². The Hall–Kier alpha value is -1.59. The molecule has 1 aromatic rings.